The van der Waals surface area contributed by atoms with Gasteiger partial charge in [0, 0.05) is 17.2 Å². The molecular formula is C17H17ClN2. The molecule has 0 bridgehead atoms. The fourth-order valence-corrected chi connectivity index (χ4v) is 3.78. The van der Waals surface area contributed by atoms with Crippen molar-refractivity contribution in [2.75, 3.05) is 0 Å². The molecule has 0 N–H and O–H groups in total. The van der Waals surface area contributed by atoms with Crippen molar-refractivity contribution in [1.29, 1.82) is 0 Å². The molecule has 20 heavy (non-hydrogen) atoms. The van der Waals surface area contributed by atoms with Gasteiger partial charge in [0.25, 0.3) is 0 Å². The van der Waals surface area contributed by atoms with Crippen LogP contribution in [-0.2, 0) is 25.7 Å². The highest BCUT2D eigenvalue weighted by atomic mass is 35.5. The molecule has 0 radical (unpaired) electrons. The molecule has 0 atom stereocenters. The number of halogens is 1. The third-order valence-corrected chi connectivity index (χ3v) is 4.88. The zero-order valence-electron chi connectivity index (χ0n) is 11.4. The van der Waals surface area contributed by atoms with Gasteiger partial charge in [-0.2, -0.15) is 0 Å². The molecule has 1 aromatic heterocycles. The van der Waals surface area contributed by atoms with E-state index >= 15 is 0 Å². The van der Waals surface area contributed by atoms with E-state index in [1.54, 1.807) is 0 Å². The molecule has 2 aliphatic carbocycles. The van der Waals surface area contributed by atoms with E-state index in [9.17, 15) is 0 Å². The number of benzene rings is 1. The minimum atomic E-state index is 0.400. The number of aromatic nitrogens is 2. The predicted octanol–water partition coefficient (Wildman–Crippen LogP) is 3.89. The Balaban J connectivity index is 1.69. The molecule has 2 nitrogen and oxygen atoms in total. The second kappa shape index (κ2) is 4.85. The second-order valence-electron chi connectivity index (χ2n) is 5.88. The maximum Gasteiger partial charge on any atom is 0.136 e. The van der Waals surface area contributed by atoms with Gasteiger partial charge in [-0.25, -0.2) is 9.97 Å². The first-order valence-electron chi connectivity index (χ1n) is 7.43. The van der Waals surface area contributed by atoms with Crippen molar-refractivity contribution in [1.82, 2.24) is 9.97 Å². The number of hydrogen-bond donors (Lipinski definition) is 0. The molecule has 3 heteroatoms. The Labute approximate surface area is 124 Å². The van der Waals surface area contributed by atoms with Crippen molar-refractivity contribution in [2.45, 2.75) is 44.4 Å². The van der Waals surface area contributed by atoms with Crippen molar-refractivity contribution in [3.05, 3.63) is 57.6 Å². The summed E-state index contributed by atoms with van der Waals surface area (Å²) in [6, 6.07) is 8.66. The number of fused-ring (bicyclic) bond motifs is 2. The molecule has 0 saturated carbocycles. The molecule has 0 unspecified atom stereocenters. The number of aryl methyl sites for hydroxylation is 1. The maximum atomic E-state index is 6.39. The molecule has 4 rings (SSSR count). The third-order valence-electron chi connectivity index (χ3n) is 4.57. The van der Waals surface area contributed by atoms with E-state index in [4.69, 9.17) is 16.6 Å². The Morgan fingerprint density at radius 2 is 1.65 bits per heavy atom. The van der Waals surface area contributed by atoms with Crippen LogP contribution in [0.2, 0.25) is 5.15 Å². The molecular weight excluding hydrogens is 268 g/mol. The topological polar surface area (TPSA) is 25.8 Å². The number of rotatable bonds is 1. The van der Waals surface area contributed by atoms with Crippen LogP contribution < -0.4 is 0 Å². The van der Waals surface area contributed by atoms with Crippen LogP contribution in [-0.4, -0.2) is 9.97 Å². The Kier molecular flexibility index (Phi) is 2.99. The van der Waals surface area contributed by atoms with Crippen LogP contribution in [0.1, 0.15) is 47.0 Å². The summed E-state index contributed by atoms with van der Waals surface area (Å²) in [5, 5.41) is 0.695. The highest BCUT2D eigenvalue weighted by molar-refractivity contribution is 6.30. The van der Waals surface area contributed by atoms with Gasteiger partial charge in [0.05, 0.1) is 0 Å². The zero-order valence-corrected chi connectivity index (χ0v) is 12.2. The fourth-order valence-electron chi connectivity index (χ4n) is 3.49. The van der Waals surface area contributed by atoms with Crippen LogP contribution in [0.4, 0.5) is 0 Å². The zero-order chi connectivity index (χ0) is 13.5. The van der Waals surface area contributed by atoms with Crippen LogP contribution in [0.5, 0.6) is 0 Å². The lowest BCUT2D eigenvalue weighted by molar-refractivity contribution is 0.625. The van der Waals surface area contributed by atoms with Crippen molar-refractivity contribution >= 4 is 11.6 Å². The first-order valence-corrected chi connectivity index (χ1v) is 7.81. The quantitative estimate of drug-likeness (QED) is 0.743. The lowest BCUT2D eigenvalue weighted by atomic mass is 9.96. The van der Waals surface area contributed by atoms with Gasteiger partial charge in [-0.3, -0.25) is 0 Å². The Morgan fingerprint density at radius 3 is 2.40 bits per heavy atom. The monoisotopic (exact) mass is 284 g/mol. The van der Waals surface area contributed by atoms with Gasteiger partial charge in [-0.05, 0) is 49.7 Å². The van der Waals surface area contributed by atoms with Crippen molar-refractivity contribution < 1.29 is 0 Å². The summed E-state index contributed by atoms with van der Waals surface area (Å²) in [7, 11) is 0. The Morgan fingerprint density at radius 1 is 0.950 bits per heavy atom. The molecule has 1 heterocycles. The van der Waals surface area contributed by atoms with Gasteiger partial charge < -0.3 is 0 Å². The predicted molar refractivity (Wildman–Crippen MR) is 80.3 cm³/mol. The largest absolute Gasteiger partial charge is 0.237 e. The van der Waals surface area contributed by atoms with E-state index in [1.807, 2.05) is 0 Å². The minimum Gasteiger partial charge on any atom is -0.237 e. The maximum absolute atomic E-state index is 6.39. The highest BCUT2D eigenvalue weighted by Gasteiger charge is 2.26. The summed E-state index contributed by atoms with van der Waals surface area (Å²) >= 11 is 6.39. The van der Waals surface area contributed by atoms with Crippen LogP contribution >= 0.6 is 11.6 Å². The van der Waals surface area contributed by atoms with Crippen LogP contribution in [0, 0.1) is 0 Å². The van der Waals surface area contributed by atoms with E-state index in [2.05, 4.69) is 29.2 Å². The summed E-state index contributed by atoms with van der Waals surface area (Å²) in [5.41, 5.74) is 5.27. The van der Waals surface area contributed by atoms with E-state index in [0.717, 1.165) is 31.5 Å². The van der Waals surface area contributed by atoms with Crippen molar-refractivity contribution in [3.8, 4) is 0 Å². The first kappa shape index (κ1) is 12.3. The molecule has 102 valence electrons. The fraction of sp³-hybridized carbons (Fsp3) is 0.412. The molecule has 0 fully saturated rings. The lowest BCUT2D eigenvalue weighted by Gasteiger charge is -2.18. The van der Waals surface area contributed by atoms with E-state index in [-0.39, 0.29) is 0 Å². The second-order valence-corrected chi connectivity index (χ2v) is 6.24. The average molecular weight is 285 g/mol. The van der Waals surface area contributed by atoms with E-state index in [0.29, 0.717) is 11.1 Å². The highest BCUT2D eigenvalue weighted by Crippen LogP contribution is 2.34. The van der Waals surface area contributed by atoms with Gasteiger partial charge in [-0.15, -0.1) is 0 Å². The SMILES string of the molecule is Clc1nc(C2Cc3ccccc3C2)nc2c1CCCC2. The summed E-state index contributed by atoms with van der Waals surface area (Å²) in [6.07, 6.45) is 6.63. The molecule has 0 amide bonds. The van der Waals surface area contributed by atoms with Gasteiger partial charge in [0.1, 0.15) is 11.0 Å². The molecule has 0 aliphatic heterocycles. The number of hydrogen-bond acceptors (Lipinski definition) is 2. The minimum absolute atomic E-state index is 0.400. The number of nitrogens with zero attached hydrogens (tertiary/aromatic N) is 2. The summed E-state index contributed by atoms with van der Waals surface area (Å²) in [6.45, 7) is 0. The van der Waals surface area contributed by atoms with Gasteiger partial charge in [0.15, 0.2) is 0 Å². The van der Waals surface area contributed by atoms with Crippen LogP contribution in [0.25, 0.3) is 0 Å². The normalized spacial score (nSPS) is 17.9. The van der Waals surface area contributed by atoms with Crippen molar-refractivity contribution in [2.24, 2.45) is 0 Å². The van der Waals surface area contributed by atoms with Crippen LogP contribution in [0.15, 0.2) is 24.3 Å². The van der Waals surface area contributed by atoms with E-state index in [1.165, 1.54) is 35.2 Å². The van der Waals surface area contributed by atoms with Gasteiger partial charge >= 0.3 is 0 Å². The summed E-state index contributed by atoms with van der Waals surface area (Å²) in [5.74, 6) is 1.35. The van der Waals surface area contributed by atoms with E-state index < -0.39 is 0 Å². The standard InChI is InChI=1S/C17H17ClN2/c18-16-14-7-3-4-8-15(14)19-17(20-16)13-9-11-5-1-2-6-12(11)10-13/h1-2,5-6,13H,3-4,7-10H2. The summed E-state index contributed by atoms with van der Waals surface area (Å²) in [4.78, 5) is 9.45. The average Bonchev–Trinajstić information content (AvgIpc) is 2.91. The molecule has 0 saturated heterocycles. The van der Waals surface area contributed by atoms with Gasteiger partial charge in [0.2, 0.25) is 0 Å². The molecule has 2 aromatic rings. The van der Waals surface area contributed by atoms with Crippen molar-refractivity contribution in [3.63, 3.8) is 0 Å². The smallest absolute Gasteiger partial charge is 0.136 e. The Hall–Kier alpha value is -1.41. The molecule has 0 spiro atoms. The van der Waals surface area contributed by atoms with Crippen LogP contribution in [0.3, 0.4) is 0 Å². The van der Waals surface area contributed by atoms with Gasteiger partial charge in [-0.1, -0.05) is 35.9 Å². The summed E-state index contributed by atoms with van der Waals surface area (Å²) < 4.78 is 0. The Bertz CT molecular complexity index is 641. The molecule has 2 aliphatic rings. The first-order chi connectivity index (χ1) is 9.81. The lowest BCUT2D eigenvalue weighted by Crippen LogP contribution is -2.13. The third kappa shape index (κ3) is 2.03. The molecule has 1 aromatic carbocycles.